The van der Waals surface area contributed by atoms with Gasteiger partial charge in [0.1, 0.15) is 17.3 Å². The van der Waals surface area contributed by atoms with E-state index in [1.807, 2.05) is 39.1 Å². The van der Waals surface area contributed by atoms with Gasteiger partial charge < -0.3 is 15.0 Å². The molecule has 0 saturated heterocycles. The number of nitrogens with one attached hydrogen (secondary N) is 1. The Bertz CT molecular complexity index is 1030. The first-order valence-corrected chi connectivity index (χ1v) is 9.38. The molecule has 3 rings (SSSR count). The number of hydrogen-bond acceptors (Lipinski definition) is 6. The molecule has 150 valence electrons. The first-order valence-electron chi connectivity index (χ1n) is 9.00. The maximum atomic E-state index is 12.6. The molecule has 1 aromatic carbocycles. The fraction of sp³-hybridized carbons (Fsp3) is 0.238. The van der Waals surface area contributed by atoms with Crippen molar-refractivity contribution >= 4 is 29.0 Å². The number of pyridine rings is 1. The summed E-state index contributed by atoms with van der Waals surface area (Å²) in [6.45, 7) is 3.94. The number of halogens is 1. The normalized spacial score (nSPS) is 10.5. The van der Waals surface area contributed by atoms with E-state index in [0.717, 1.165) is 11.3 Å². The Morgan fingerprint density at radius 1 is 1.21 bits per heavy atom. The predicted octanol–water partition coefficient (Wildman–Crippen LogP) is 3.89. The second-order valence-electron chi connectivity index (χ2n) is 6.55. The molecule has 0 aliphatic heterocycles. The molecule has 1 amide bonds. The highest BCUT2D eigenvalue weighted by Gasteiger charge is 2.17. The lowest BCUT2D eigenvalue weighted by molar-refractivity contribution is -0.114. The minimum absolute atomic E-state index is 0.0919. The molecule has 0 aliphatic rings. The van der Waals surface area contributed by atoms with Crippen LogP contribution in [-0.2, 0) is 4.79 Å². The Kier molecular flexibility index (Phi) is 6.29. The number of carbonyl (C=O) groups is 1. The summed E-state index contributed by atoms with van der Waals surface area (Å²) >= 11 is 6.03. The highest BCUT2D eigenvalue weighted by atomic mass is 35.5. The van der Waals surface area contributed by atoms with Gasteiger partial charge in [-0.1, -0.05) is 17.7 Å². The molecule has 0 fully saturated rings. The van der Waals surface area contributed by atoms with Crippen LogP contribution in [0.25, 0.3) is 11.5 Å². The van der Waals surface area contributed by atoms with Crippen LogP contribution in [0.2, 0.25) is 5.02 Å². The van der Waals surface area contributed by atoms with Crippen molar-refractivity contribution in [3.8, 4) is 17.3 Å². The zero-order valence-corrected chi connectivity index (χ0v) is 17.5. The number of aromatic nitrogens is 3. The number of aryl methyl sites for hydroxylation is 1. The molecular weight excluding hydrogens is 390 g/mol. The van der Waals surface area contributed by atoms with Gasteiger partial charge >= 0.3 is 0 Å². The van der Waals surface area contributed by atoms with Crippen LogP contribution in [0, 0.1) is 13.8 Å². The largest absolute Gasteiger partial charge is 0.495 e. The van der Waals surface area contributed by atoms with Crippen LogP contribution in [-0.4, -0.2) is 41.6 Å². The fourth-order valence-corrected chi connectivity index (χ4v) is 3.02. The number of amides is 1. The third-order valence-corrected chi connectivity index (χ3v) is 4.67. The Morgan fingerprint density at radius 2 is 2.00 bits per heavy atom. The molecule has 0 unspecified atom stereocenters. The predicted molar refractivity (Wildman–Crippen MR) is 115 cm³/mol. The monoisotopic (exact) mass is 411 g/mol. The quantitative estimate of drug-likeness (QED) is 0.662. The molecule has 0 spiro atoms. The first kappa shape index (κ1) is 20.5. The number of methoxy groups -OCH3 is 1. The minimum atomic E-state index is -0.219. The number of ether oxygens (including phenoxy) is 1. The van der Waals surface area contributed by atoms with Crippen molar-refractivity contribution < 1.29 is 9.53 Å². The van der Waals surface area contributed by atoms with Gasteiger partial charge in [-0.15, -0.1) is 0 Å². The lowest BCUT2D eigenvalue weighted by Gasteiger charge is -2.21. The molecule has 0 atom stereocenters. The van der Waals surface area contributed by atoms with E-state index in [4.69, 9.17) is 16.3 Å². The van der Waals surface area contributed by atoms with Gasteiger partial charge in [-0.2, -0.15) is 0 Å². The van der Waals surface area contributed by atoms with E-state index >= 15 is 0 Å². The SMILES string of the molecule is COc1ccc(Cl)cc1NC(=O)CN(C)c1nc(-c2ccccn2)nc(C)c1C. The topological polar surface area (TPSA) is 80.2 Å². The van der Waals surface area contributed by atoms with Gasteiger partial charge in [0.05, 0.1) is 19.3 Å². The summed E-state index contributed by atoms with van der Waals surface area (Å²) in [6.07, 6.45) is 1.70. The van der Waals surface area contributed by atoms with Gasteiger partial charge in [0.25, 0.3) is 0 Å². The number of benzene rings is 1. The molecule has 0 aliphatic carbocycles. The Labute approximate surface area is 174 Å². The molecule has 3 aromatic rings. The Balaban J connectivity index is 1.82. The van der Waals surface area contributed by atoms with Gasteiger partial charge in [-0.25, -0.2) is 9.97 Å². The van der Waals surface area contributed by atoms with Crippen LogP contribution in [0.1, 0.15) is 11.3 Å². The summed E-state index contributed by atoms with van der Waals surface area (Å²) in [5.41, 5.74) is 2.93. The van der Waals surface area contributed by atoms with Crippen molar-refractivity contribution in [3.05, 3.63) is 58.9 Å². The van der Waals surface area contributed by atoms with Crippen molar-refractivity contribution in [3.63, 3.8) is 0 Å². The van der Waals surface area contributed by atoms with E-state index in [1.54, 1.807) is 29.3 Å². The van der Waals surface area contributed by atoms with Crippen LogP contribution in [0.15, 0.2) is 42.6 Å². The van der Waals surface area contributed by atoms with Crippen LogP contribution in [0.4, 0.5) is 11.5 Å². The molecule has 0 radical (unpaired) electrons. The molecule has 2 aromatic heterocycles. The zero-order valence-electron chi connectivity index (χ0n) is 16.7. The number of hydrogen-bond donors (Lipinski definition) is 1. The summed E-state index contributed by atoms with van der Waals surface area (Å²) < 4.78 is 5.28. The molecule has 29 heavy (non-hydrogen) atoms. The van der Waals surface area contributed by atoms with E-state index in [0.29, 0.717) is 33.8 Å². The number of anilines is 2. The van der Waals surface area contributed by atoms with Crippen molar-refractivity contribution in [2.45, 2.75) is 13.8 Å². The summed E-state index contributed by atoms with van der Waals surface area (Å²) in [5.74, 6) is 1.51. The summed E-state index contributed by atoms with van der Waals surface area (Å²) in [6, 6.07) is 10.6. The van der Waals surface area contributed by atoms with Crippen LogP contribution in [0.3, 0.4) is 0 Å². The maximum Gasteiger partial charge on any atom is 0.244 e. The van der Waals surface area contributed by atoms with Crippen molar-refractivity contribution in [1.29, 1.82) is 0 Å². The highest BCUT2D eigenvalue weighted by Crippen LogP contribution is 2.28. The molecule has 7 nitrogen and oxygen atoms in total. The van der Waals surface area contributed by atoms with Crippen molar-refractivity contribution in [2.24, 2.45) is 0 Å². The van der Waals surface area contributed by atoms with Gasteiger partial charge in [0.15, 0.2) is 5.82 Å². The average Bonchev–Trinajstić information content (AvgIpc) is 2.70. The average molecular weight is 412 g/mol. The van der Waals surface area contributed by atoms with Crippen LogP contribution in [0.5, 0.6) is 5.75 Å². The third-order valence-electron chi connectivity index (χ3n) is 4.44. The van der Waals surface area contributed by atoms with Crippen molar-refractivity contribution in [2.75, 3.05) is 30.9 Å². The van der Waals surface area contributed by atoms with E-state index in [1.165, 1.54) is 7.11 Å². The fourth-order valence-electron chi connectivity index (χ4n) is 2.85. The standard InChI is InChI=1S/C21H22ClN5O2/c1-13-14(2)24-20(16-7-5-6-10-23-16)26-21(13)27(3)12-19(28)25-17-11-15(22)8-9-18(17)29-4/h5-11H,12H2,1-4H3,(H,25,28). The van der Waals surface area contributed by atoms with Gasteiger partial charge in [-0.05, 0) is 44.2 Å². The molecule has 2 heterocycles. The molecule has 8 heteroatoms. The Morgan fingerprint density at radius 3 is 2.69 bits per heavy atom. The summed E-state index contributed by atoms with van der Waals surface area (Å²) in [7, 11) is 3.35. The van der Waals surface area contributed by atoms with Crippen molar-refractivity contribution in [1.82, 2.24) is 15.0 Å². The number of nitrogens with zero attached hydrogens (tertiary/aromatic N) is 4. The second-order valence-corrected chi connectivity index (χ2v) is 6.98. The van der Waals surface area contributed by atoms with E-state index in [2.05, 4.69) is 20.3 Å². The maximum absolute atomic E-state index is 12.6. The Hall–Kier alpha value is -3.19. The van der Waals surface area contributed by atoms with Gasteiger partial charge in [0.2, 0.25) is 5.91 Å². The zero-order chi connectivity index (χ0) is 21.0. The van der Waals surface area contributed by atoms with E-state index in [-0.39, 0.29) is 12.5 Å². The first-order chi connectivity index (χ1) is 13.9. The second kappa shape index (κ2) is 8.87. The van der Waals surface area contributed by atoms with Gasteiger partial charge in [-0.3, -0.25) is 9.78 Å². The number of rotatable bonds is 6. The van der Waals surface area contributed by atoms with Crippen LogP contribution >= 0.6 is 11.6 Å². The molecule has 1 N–H and O–H groups in total. The third kappa shape index (κ3) is 4.81. The van der Waals surface area contributed by atoms with E-state index < -0.39 is 0 Å². The van der Waals surface area contributed by atoms with E-state index in [9.17, 15) is 4.79 Å². The lowest BCUT2D eigenvalue weighted by atomic mass is 10.2. The highest BCUT2D eigenvalue weighted by molar-refractivity contribution is 6.31. The minimum Gasteiger partial charge on any atom is -0.495 e. The van der Waals surface area contributed by atoms with Crippen LogP contribution < -0.4 is 15.0 Å². The smallest absolute Gasteiger partial charge is 0.244 e. The summed E-state index contributed by atoms with van der Waals surface area (Å²) in [5, 5.41) is 3.35. The molecule has 0 saturated carbocycles. The molecule has 0 bridgehead atoms. The molecular formula is C21H22ClN5O2. The van der Waals surface area contributed by atoms with Gasteiger partial charge in [0, 0.05) is 29.5 Å². The summed E-state index contributed by atoms with van der Waals surface area (Å²) in [4.78, 5) is 27.9. The number of carbonyl (C=O) groups excluding carboxylic acids is 1. The lowest BCUT2D eigenvalue weighted by Crippen LogP contribution is -2.31. The number of likely N-dealkylation sites (N-methyl/N-ethyl adjacent to an activating group) is 1.